The van der Waals surface area contributed by atoms with E-state index in [4.69, 9.17) is 4.74 Å². The van der Waals surface area contributed by atoms with Gasteiger partial charge in [-0.15, -0.1) is 0 Å². The van der Waals surface area contributed by atoms with E-state index in [1.807, 2.05) is 0 Å². The summed E-state index contributed by atoms with van der Waals surface area (Å²) in [7, 11) is 0. The molecule has 6 heteroatoms. The van der Waals surface area contributed by atoms with Crippen LogP contribution in [0.15, 0.2) is 12.3 Å². The number of nitrogens with one attached hydrogen (secondary N) is 1. The van der Waals surface area contributed by atoms with Crippen LogP contribution < -0.4 is 5.32 Å². The Bertz CT molecular complexity index is 316. The minimum absolute atomic E-state index is 0.354. The summed E-state index contributed by atoms with van der Waals surface area (Å²) in [6, 6.07) is 0. The van der Waals surface area contributed by atoms with Gasteiger partial charge in [0.25, 0.3) is 0 Å². The third-order valence-electron chi connectivity index (χ3n) is 1.69. The standard InChI is InChI=1S/C11H20N2O4/c1-10(2,3)17-9(14)12-11(4,5)7-6-8-13(15)16/h6,8H,7H2,1-5H3,(H,12,14). The Morgan fingerprint density at radius 3 is 2.29 bits per heavy atom. The van der Waals surface area contributed by atoms with Crippen LogP contribution in [0.1, 0.15) is 41.0 Å². The molecular formula is C11H20N2O4. The van der Waals surface area contributed by atoms with E-state index in [-0.39, 0.29) is 0 Å². The summed E-state index contributed by atoms with van der Waals surface area (Å²) < 4.78 is 5.09. The third kappa shape index (κ3) is 9.35. The Labute approximate surface area is 101 Å². The van der Waals surface area contributed by atoms with Crippen LogP contribution >= 0.6 is 0 Å². The van der Waals surface area contributed by atoms with Crippen molar-refractivity contribution < 1.29 is 14.5 Å². The Balaban J connectivity index is 4.25. The molecule has 0 heterocycles. The van der Waals surface area contributed by atoms with Crippen molar-refractivity contribution in [2.75, 3.05) is 0 Å². The van der Waals surface area contributed by atoms with E-state index in [9.17, 15) is 14.9 Å². The predicted molar refractivity (Wildman–Crippen MR) is 64.2 cm³/mol. The molecule has 1 N–H and O–H groups in total. The van der Waals surface area contributed by atoms with Crippen LogP contribution in [-0.2, 0) is 4.74 Å². The number of nitrogens with zero attached hydrogens (tertiary/aromatic N) is 1. The zero-order valence-corrected chi connectivity index (χ0v) is 10.9. The summed E-state index contributed by atoms with van der Waals surface area (Å²) in [6.07, 6.45) is 2.08. The summed E-state index contributed by atoms with van der Waals surface area (Å²) in [5.74, 6) is 0. The number of hydrogen-bond acceptors (Lipinski definition) is 4. The van der Waals surface area contributed by atoms with Crippen molar-refractivity contribution in [1.82, 2.24) is 5.32 Å². The average molecular weight is 244 g/mol. The third-order valence-corrected chi connectivity index (χ3v) is 1.69. The van der Waals surface area contributed by atoms with E-state index in [2.05, 4.69) is 5.32 Å². The highest BCUT2D eigenvalue weighted by atomic mass is 16.6. The second-order valence-corrected chi connectivity index (χ2v) is 5.39. The summed E-state index contributed by atoms with van der Waals surface area (Å²) in [4.78, 5) is 21.0. The molecule has 17 heavy (non-hydrogen) atoms. The molecule has 0 aliphatic heterocycles. The van der Waals surface area contributed by atoms with E-state index in [0.29, 0.717) is 6.42 Å². The van der Waals surface area contributed by atoms with Gasteiger partial charge in [-0.1, -0.05) is 0 Å². The van der Waals surface area contributed by atoms with E-state index in [1.165, 1.54) is 6.08 Å². The molecule has 0 spiro atoms. The molecular weight excluding hydrogens is 224 g/mol. The number of nitro groups is 1. The number of alkyl carbamates (subject to hydrolysis) is 1. The zero-order valence-electron chi connectivity index (χ0n) is 10.9. The van der Waals surface area contributed by atoms with E-state index >= 15 is 0 Å². The molecule has 98 valence electrons. The van der Waals surface area contributed by atoms with Crippen molar-refractivity contribution in [2.24, 2.45) is 0 Å². The van der Waals surface area contributed by atoms with Crippen LogP contribution in [0.4, 0.5) is 4.79 Å². The number of amides is 1. The van der Waals surface area contributed by atoms with Gasteiger partial charge >= 0.3 is 6.09 Å². The lowest BCUT2D eigenvalue weighted by Gasteiger charge is -2.27. The molecule has 0 fully saturated rings. The van der Waals surface area contributed by atoms with Gasteiger partial charge in [-0.2, -0.15) is 0 Å². The number of ether oxygens (including phenoxy) is 1. The molecule has 0 aromatic carbocycles. The first-order valence-electron chi connectivity index (χ1n) is 5.33. The minimum atomic E-state index is -0.588. The highest BCUT2D eigenvalue weighted by Crippen LogP contribution is 2.12. The quantitative estimate of drug-likeness (QED) is 0.608. The molecule has 0 atom stereocenters. The summed E-state index contributed by atoms with van der Waals surface area (Å²) in [5.41, 5.74) is -1.15. The van der Waals surface area contributed by atoms with Gasteiger partial charge in [0.15, 0.2) is 0 Å². The van der Waals surface area contributed by atoms with Crippen LogP contribution in [0.2, 0.25) is 0 Å². The fraction of sp³-hybridized carbons (Fsp3) is 0.727. The lowest BCUT2D eigenvalue weighted by atomic mass is 10.0. The molecule has 0 aromatic heterocycles. The van der Waals surface area contributed by atoms with Gasteiger partial charge in [0, 0.05) is 5.54 Å². The Morgan fingerprint density at radius 2 is 1.88 bits per heavy atom. The minimum Gasteiger partial charge on any atom is -0.444 e. The Hall–Kier alpha value is -1.59. The van der Waals surface area contributed by atoms with Crippen molar-refractivity contribution in [2.45, 2.75) is 52.2 Å². The predicted octanol–water partition coefficient (Wildman–Crippen LogP) is 2.47. The maximum atomic E-state index is 11.5. The monoisotopic (exact) mass is 244 g/mol. The number of hydrogen-bond donors (Lipinski definition) is 1. The topological polar surface area (TPSA) is 81.5 Å². The van der Waals surface area contributed by atoms with Gasteiger partial charge in [0.2, 0.25) is 6.20 Å². The zero-order chi connectivity index (χ0) is 13.7. The van der Waals surface area contributed by atoms with Crippen molar-refractivity contribution in [1.29, 1.82) is 0 Å². The van der Waals surface area contributed by atoms with Crippen LogP contribution in [0.25, 0.3) is 0 Å². The Kier molecular flexibility index (Phi) is 5.12. The van der Waals surface area contributed by atoms with Gasteiger partial charge in [0.1, 0.15) is 5.60 Å². The Morgan fingerprint density at radius 1 is 1.35 bits per heavy atom. The molecule has 0 aliphatic rings. The fourth-order valence-corrected chi connectivity index (χ4v) is 1.06. The van der Waals surface area contributed by atoms with E-state index in [1.54, 1.807) is 34.6 Å². The first-order chi connectivity index (χ1) is 7.52. The van der Waals surface area contributed by atoms with E-state index in [0.717, 1.165) is 6.20 Å². The second kappa shape index (κ2) is 5.65. The molecule has 0 aliphatic carbocycles. The average Bonchev–Trinajstić information content (AvgIpc) is 1.96. The largest absolute Gasteiger partial charge is 0.444 e. The van der Waals surface area contributed by atoms with Crippen molar-refractivity contribution >= 4 is 6.09 Å². The molecule has 0 bridgehead atoms. The number of rotatable bonds is 4. The van der Waals surface area contributed by atoms with Crippen molar-refractivity contribution in [3.05, 3.63) is 22.4 Å². The SMILES string of the molecule is CC(C)(CC=C[N+](=O)[O-])NC(=O)OC(C)(C)C. The lowest BCUT2D eigenvalue weighted by molar-refractivity contribution is -0.402. The smallest absolute Gasteiger partial charge is 0.408 e. The molecule has 0 saturated heterocycles. The molecule has 0 unspecified atom stereocenters. The summed E-state index contributed by atoms with van der Waals surface area (Å²) in [6.45, 7) is 8.84. The molecule has 6 nitrogen and oxygen atoms in total. The first-order valence-corrected chi connectivity index (χ1v) is 5.33. The van der Waals surface area contributed by atoms with E-state index < -0.39 is 22.2 Å². The van der Waals surface area contributed by atoms with Crippen LogP contribution in [0, 0.1) is 10.1 Å². The maximum Gasteiger partial charge on any atom is 0.408 e. The normalized spacial score (nSPS) is 12.5. The van der Waals surface area contributed by atoms with Crippen LogP contribution in [0.5, 0.6) is 0 Å². The number of carbonyl (C=O) groups is 1. The highest BCUT2D eigenvalue weighted by Gasteiger charge is 2.23. The lowest BCUT2D eigenvalue weighted by Crippen LogP contribution is -2.45. The molecule has 0 rings (SSSR count). The van der Waals surface area contributed by atoms with Gasteiger partial charge in [0.05, 0.1) is 4.92 Å². The summed E-state index contributed by atoms with van der Waals surface area (Å²) in [5, 5.41) is 12.8. The van der Waals surface area contributed by atoms with Crippen LogP contribution in [-0.4, -0.2) is 22.2 Å². The highest BCUT2D eigenvalue weighted by molar-refractivity contribution is 5.68. The van der Waals surface area contributed by atoms with Crippen molar-refractivity contribution in [3.63, 3.8) is 0 Å². The maximum absolute atomic E-state index is 11.5. The van der Waals surface area contributed by atoms with Gasteiger partial charge in [-0.05, 0) is 47.1 Å². The van der Waals surface area contributed by atoms with Crippen molar-refractivity contribution in [3.8, 4) is 0 Å². The fourth-order valence-electron chi connectivity index (χ4n) is 1.06. The molecule has 0 radical (unpaired) electrons. The van der Waals surface area contributed by atoms with Gasteiger partial charge in [-0.25, -0.2) is 4.79 Å². The molecule has 0 saturated carbocycles. The first kappa shape index (κ1) is 15.4. The summed E-state index contributed by atoms with van der Waals surface area (Å²) >= 11 is 0. The van der Waals surface area contributed by atoms with Gasteiger partial charge in [-0.3, -0.25) is 10.1 Å². The van der Waals surface area contributed by atoms with Gasteiger partial charge < -0.3 is 10.1 Å². The second-order valence-electron chi connectivity index (χ2n) is 5.39. The number of carbonyl (C=O) groups excluding carboxylic acids is 1. The van der Waals surface area contributed by atoms with Crippen LogP contribution in [0.3, 0.4) is 0 Å². The molecule has 1 amide bonds. The molecule has 0 aromatic rings.